The number of carbonyl (C=O) groups excluding carboxylic acids is 1. The van der Waals surface area contributed by atoms with E-state index in [1.165, 1.54) is 13.3 Å². The lowest BCUT2D eigenvalue weighted by Gasteiger charge is -2.15. The lowest BCUT2D eigenvalue weighted by Crippen LogP contribution is -2.08. The fourth-order valence-corrected chi connectivity index (χ4v) is 2.63. The fraction of sp³-hybridized carbons (Fsp3) is 0.211. The van der Waals surface area contributed by atoms with Gasteiger partial charge in [-0.05, 0) is 31.2 Å². The Hall–Kier alpha value is -3.35. The summed E-state index contributed by atoms with van der Waals surface area (Å²) in [4.78, 5) is 20.9. The van der Waals surface area contributed by atoms with E-state index in [0.29, 0.717) is 33.8 Å². The zero-order valence-corrected chi connectivity index (χ0v) is 15.0. The molecule has 0 saturated heterocycles. The Labute approximate surface area is 150 Å². The molecule has 3 rings (SSSR count). The van der Waals surface area contributed by atoms with Gasteiger partial charge >= 0.3 is 5.97 Å². The van der Waals surface area contributed by atoms with Gasteiger partial charge in [0, 0.05) is 29.0 Å². The number of carbonyl (C=O) groups is 1. The molecule has 134 valence electrons. The van der Waals surface area contributed by atoms with Crippen LogP contribution in [0, 0.1) is 6.92 Å². The quantitative estimate of drug-likeness (QED) is 0.703. The molecule has 0 saturated carbocycles. The summed E-state index contributed by atoms with van der Waals surface area (Å²) >= 11 is 0. The molecule has 0 spiro atoms. The number of rotatable bonds is 5. The van der Waals surface area contributed by atoms with Gasteiger partial charge in [0.25, 0.3) is 0 Å². The van der Waals surface area contributed by atoms with Crippen LogP contribution in [0.2, 0.25) is 0 Å². The minimum atomic E-state index is -0.483. The molecule has 0 amide bonds. The van der Waals surface area contributed by atoms with Crippen LogP contribution in [0.4, 0.5) is 11.4 Å². The average Bonchev–Trinajstić information content (AvgIpc) is 2.67. The summed E-state index contributed by atoms with van der Waals surface area (Å²) in [5.41, 5.74) is 3.00. The second-order valence-corrected chi connectivity index (χ2v) is 5.56. The number of methoxy groups -OCH3 is 3. The van der Waals surface area contributed by atoms with Crippen LogP contribution in [0.5, 0.6) is 11.5 Å². The van der Waals surface area contributed by atoms with E-state index in [-0.39, 0.29) is 0 Å². The van der Waals surface area contributed by atoms with Gasteiger partial charge in [-0.2, -0.15) is 0 Å². The molecule has 0 fully saturated rings. The van der Waals surface area contributed by atoms with Crippen LogP contribution in [0.15, 0.2) is 36.5 Å². The van der Waals surface area contributed by atoms with Gasteiger partial charge in [0.15, 0.2) is 17.1 Å². The van der Waals surface area contributed by atoms with Gasteiger partial charge in [-0.25, -0.2) is 14.8 Å². The standard InChI is InChI=1S/C19H19N3O4/c1-11-5-7-13-17(14(19(23)26-4)10-20-18(13)21-11)22-12-6-8-15(24-2)16(9-12)25-3/h5-10H,1-4H3,(H,20,21,22). The van der Waals surface area contributed by atoms with E-state index in [2.05, 4.69) is 15.3 Å². The van der Waals surface area contributed by atoms with Crippen molar-refractivity contribution in [1.29, 1.82) is 0 Å². The highest BCUT2D eigenvalue weighted by Gasteiger charge is 2.17. The molecule has 0 radical (unpaired) electrons. The topological polar surface area (TPSA) is 82.6 Å². The number of esters is 1. The van der Waals surface area contributed by atoms with Gasteiger partial charge in [-0.3, -0.25) is 0 Å². The molecule has 7 heteroatoms. The molecule has 2 aromatic heterocycles. The first kappa shape index (κ1) is 17.5. The Bertz CT molecular complexity index is 972. The van der Waals surface area contributed by atoms with Crippen LogP contribution >= 0.6 is 0 Å². The molecular formula is C19H19N3O4. The number of anilines is 2. The molecule has 7 nitrogen and oxygen atoms in total. The van der Waals surface area contributed by atoms with Gasteiger partial charge in [-0.1, -0.05) is 0 Å². The number of hydrogen-bond donors (Lipinski definition) is 1. The first-order valence-corrected chi connectivity index (χ1v) is 7.91. The highest BCUT2D eigenvalue weighted by Crippen LogP contribution is 2.34. The average molecular weight is 353 g/mol. The molecule has 0 aliphatic heterocycles. The van der Waals surface area contributed by atoms with Crippen molar-refractivity contribution in [2.45, 2.75) is 6.92 Å². The lowest BCUT2D eigenvalue weighted by atomic mass is 10.1. The Morgan fingerprint density at radius 1 is 1.04 bits per heavy atom. The Balaban J connectivity index is 2.14. The van der Waals surface area contributed by atoms with Crippen LogP contribution in [-0.2, 0) is 4.74 Å². The van der Waals surface area contributed by atoms with Gasteiger partial charge in [0.1, 0.15) is 5.56 Å². The summed E-state index contributed by atoms with van der Waals surface area (Å²) in [5, 5.41) is 3.98. The van der Waals surface area contributed by atoms with E-state index in [1.54, 1.807) is 26.4 Å². The number of nitrogens with zero attached hydrogens (tertiary/aromatic N) is 2. The maximum absolute atomic E-state index is 12.2. The summed E-state index contributed by atoms with van der Waals surface area (Å²) in [5.74, 6) is 0.704. The minimum absolute atomic E-state index is 0.320. The number of pyridine rings is 2. The van der Waals surface area contributed by atoms with Crippen LogP contribution in [0.25, 0.3) is 11.0 Å². The summed E-state index contributed by atoms with van der Waals surface area (Å²) in [6, 6.07) is 9.14. The van der Waals surface area contributed by atoms with Gasteiger partial charge in [0.2, 0.25) is 0 Å². The highest BCUT2D eigenvalue weighted by molar-refractivity contribution is 6.05. The van der Waals surface area contributed by atoms with E-state index in [0.717, 1.165) is 11.4 Å². The van der Waals surface area contributed by atoms with Gasteiger partial charge < -0.3 is 19.5 Å². The van der Waals surface area contributed by atoms with Crippen LogP contribution in [0.1, 0.15) is 16.1 Å². The van der Waals surface area contributed by atoms with Crippen molar-refractivity contribution in [2.75, 3.05) is 26.6 Å². The Morgan fingerprint density at radius 2 is 1.81 bits per heavy atom. The molecule has 0 atom stereocenters. The van der Waals surface area contributed by atoms with Crippen molar-refractivity contribution in [3.05, 3.63) is 47.8 Å². The van der Waals surface area contributed by atoms with E-state index in [1.807, 2.05) is 25.1 Å². The number of aromatic nitrogens is 2. The third kappa shape index (κ3) is 3.23. The van der Waals surface area contributed by atoms with E-state index in [9.17, 15) is 4.79 Å². The summed E-state index contributed by atoms with van der Waals surface area (Å²) in [6.07, 6.45) is 1.46. The number of nitrogens with one attached hydrogen (secondary N) is 1. The van der Waals surface area contributed by atoms with Crippen LogP contribution < -0.4 is 14.8 Å². The molecule has 1 aromatic carbocycles. The van der Waals surface area contributed by atoms with Crippen molar-refractivity contribution in [3.8, 4) is 11.5 Å². The summed E-state index contributed by atoms with van der Waals surface area (Å²) in [7, 11) is 4.47. The monoisotopic (exact) mass is 353 g/mol. The normalized spacial score (nSPS) is 10.5. The summed E-state index contributed by atoms with van der Waals surface area (Å²) < 4.78 is 15.5. The first-order valence-electron chi connectivity index (χ1n) is 7.91. The maximum Gasteiger partial charge on any atom is 0.341 e. The third-order valence-corrected chi connectivity index (χ3v) is 3.93. The first-order chi connectivity index (χ1) is 12.6. The van der Waals surface area contributed by atoms with Crippen molar-refractivity contribution < 1.29 is 19.0 Å². The minimum Gasteiger partial charge on any atom is -0.493 e. The van der Waals surface area contributed by atoms with Crippen LogP contribution in [0.3, 0.4) is 0 Å². The summed E-state index contributed by atoms with van der Waals surface area (Å²) in [6.45, 7) is 1.89. The van der Waals surface area contributed by atoms with E-state index < -0.39 is 5.97 Å². The molecule has 3 aromatic rings. The number of benzene rings is 1. The Kier molecular flexibility index (Phi) is 4.88. The molecule has 0 aliphatic carbocycles. The second-order valence-electron chi connectivity index (χ2n) is 5.56. The molecular weight excluding hydrogens is 334 g/mol. The second kappa shape index (κ2) is 7.26. The Morgan fingerprint density at radius 3 is 2.50 bits per heavy atom. The molecule has 0 unspecified atom stereocenters. The number of aryl methyl sites for hydroxylation is 1. The van der Waals surface area contributed by atoms with Crippen molar-refractivity contribution in [2.24, 2.45) is 0 Å². The SMILES string of the molecule is COC(=O)c1cnc2nc(C)ccc2c1Nc1ccc(OC)c(OC)c1. The number of hydrogen-bond acceptors (Lipinski definition) is 7. The fourth-order valence-electron chi connectivity index (χ4n) is 2.63. The zero-order valence-electron chi connectivity index (χ0n) is 15.0. The van der Waals surface area contributed by atoms with Crippen molar-refractivity contribution in [1.82, 2.24) is 9.97 Å². The van der Waals surface area contributed by atoms with E-state index in [4.69, 9.17) is 14.2 Å². The van der Waals surface area contributed by atoms with E-state index >= 15 is 0 Å². The molecule has 0 bridgehead atoms. The smallest absolute Gasteiger partial charge is 0.341 e. The molecule has 1 N–H and O–H groups in total. The third-order valence-electron chi connectivity index (χ3n) is 3.93. The number of fused-ring (bicyclic) bond motifs is 1. The number of ether oxygens (including phenoxy) is 3. The largest absolute Gasteiger partial charge is 0.493 e. The predicted octanol–water partition coefficient (Wildman–Crippen LogP) is 3.49. The highest BCUT2D eigenvalue weighted by atomic mass is 16.5. The van der Waals surface area contributed by atoms with Crippen LogP contribution in [-0.4, -0.2) is 37.3 Å². The molecule has 2 heterocycles. The molecule has 0 aliphatic rings. The molecule has 26 heavy (non-hydrogen) atoms. The maximum atomic E-state index is 12.2. The van der Waals surface area contributed by atoms with Gasteiger partial charge in [0.05, 0.1) is 27.0 Å². The zero-order chi connectivity index (χ0) is 18.7. The predicted molar refractivity (Wildman–Crippen MR) is 98.4 cm³/mol. The van der Waals surface area contributed by atoms with Crippen molar-refractivity contribution >= 4 is 28.4 Å². The lowest BCUT2D eigenvalue weighted by molar-refractivity contribution is 0.0601. The van der Waals surface area contributed by atoms with Crippen molar-refractivity contribution in [3.63, 3.8) is 0 Å². The van der Waals surface area contributed by atoms with Gasteiger partial charge in [-0.15, -0.1) is 0 Å².